The van der Waals surface area contributed by atoms with Crippen molar-refractivity contribution in [2.24, 2.45) is 0 Å². The van der Waals surface area contributed by atoms with E-state index in [4.69, 9.17) is 23.4 Å². The molecule has 1 aromatic carbocycles. The summed E-state index contributed by atoms with van der Waals surface area (Å²) in [6, 6.07) is 3.98. The van der Waals surface area contributed by atoms with Crippen molar-refractivity contribution in [1.29, 1.82) is 0 Å². The SMILES string of the molecule is Cc1cc(Cl)c2c(c1)[C@H]1CN(Cl)C[C@@H]1NC2=O. The minimum Gasteiger partial charge on any atom is -0.347 e. The van der Waals surface area contributed by atoms with Crippen LogP contribution in [-0.2, 0) is 0 Å². The maximum Gasteiger partial charge on any atom is 0.253 e. The summed E-state index contributed by atoms with van der Waals surface area (Å²) in [5.74, 6) is 0.163. The van der Waals surface area contributed by atoms with Crippen molar-refractivity contribution in [3.8, 4) is 0 Å². The van der Waals surface area contributed by atoms with Crippen LogP contribution in [0, 0.1) is 6.92 Å². The van der Waals surface area contributed by atoms with E-state index in [9.17, 15) is 4.79 Å². The molecule has 0 radical (unpaired) electrons. The van der Waals surface area contributed by atoms with Crippen molar-refractivity contribution in [3.63, 3.8) is 0 Å². The molecule has 5 heteroatoms. The van der Waals surface area contributed by atoms with Gasteiger partial charge in [-0.3, -0.25) is 4.79 Å². The average Bonchev–Trinajstić information content (AvgIpc) is 2.57. The number of halogens is 2. The van der Waals surface area contributed by atoms with Gasteiger partial charge in [-0.05, 0) is 35.9 Å². The second-order valence-corrected chi connectivity index (χ2v) is 5.61. The summed E-state index contributed by atoms with van der Waals surface area (Å²) in [5.41, 5.74) is 2.73. The van der Waals surface area contributed by atoms with Gasteiger partial charge in [0, 0.05) is 19.0 Å². The Bertz CT molecular complexity index is 504. The number of rotatable bonds is 0. The van der Waals surface area contributed by atoms with E-state index in [2.05, 4.69) is 5.32 Å². The largest absolute Gasteiger partial charge is 0.347 e. The lowest BCUT2D eigenvalue weighted by Crippen LogP contribution is -2.44. The van der Waals surface area contributed by atoms with Crippen molar-refractivity contribution in [3.05, 3.63) is 33.8 Å². The van der Waals surface area contributed by atoms with Gasteiger partial charge in [0.25, 0.3) is 5.91 Å². The molecule has 0 aromatic heterocycles. The predicted molar refractivity (Wildman–Crippen MR) is 67.6 cm³/mol. The van der Waals surface area contributed by atoms with Crippen LogP contribution in [-0.4, -0.2) is 29.5 Å². The number of hydrogen-bond acceptors (Lipinski definition) is 2. The molecule has 3 rings (SSSR count). The summed E-state index contributed by atoms with van der Waals surface area (Å²) in [7, 11) is 0. The smallest absolute Gasteiger partial charge is 0.253 e. The van der Waals surface area contributed by atoms with Crippen LogP contribution in [0.25, 0.3) is 0 Å². The zero-order chi connectivity index (χ0) is 12.2. The molecule has 1 N–H and O–H groups in total. The Morgan fingerprint density at radius 3 is 2.94 bits per heavy atom. The van der Waals surface area contributed by atoms with Gasteiger partial charge in [-0.25, -0.2) is 4.42 Å². The van der Waals surface area contributed by atoms with E-state index < -0.39 is 0 Å². The van der Waals surface area contributed by atoms with Crippen LogP contribution in [0.3, 0.4) is 0 Å². The Hall–Kier alpha value is -0.770. The molecule has 0 bridgehead atoms. The number of carbonyl (C=O) groups excluding carboxylic acids is 1. The molecule has 1 saturated heterocycles. The molecular weight excluding hydrogens is 259 g/mol. The summed E-state index contributed by atoms with van der Waals surface area (Å²) < 4.78 is 1.72. The average molecular weight is 271 g/mol. The van der Waals surface area contributed by atoms with Crippen LogP contribution >= 0.6 is 23.4 Å². The Kier molecular flexibility index (Phi) is 2.58. The number of benzene rings is 1. The molecule has 1 amide bonds. The standard InChI is InChI=1S/C12H12Cl2N2O/c1-6-2-7-8-4-16(14)5-10(8)15-12(17)11(7)9(13)3-6/h2-3,8,10H,4-5H2,1H3,(H,15,17)/t8-,10+/m1/s1. The summed E-state index contributed by atoms with van der Waals surface area (Å²) >= 11 is 12.2. The highest BCUT2D eigenvalue weighted by Gasteiger charge is 2.40. The maximum absolute atomic E-state index is 12.0. The van der Waals surface area contributed by atoms with Gasteiger partial charge in [-0.1, -0.05) is 17.7 Å². The summed E-state index contributed by atoms with van der Waals surface area (Å²) in [6.45, 7) is 3.42. The first-order valence-electron chi connectivity index (χ1n) is 5.58. The van der Waals surface area contributed by atoms with Gasteiger partial charge < -0.3 is 5.32 Å². The third-order valence-corrected chi connectivity index (χ3v) is 4.06. The quantitative estimate of drug-likeness (QED) is 0.734. The van der Waals surface area contributed by atoms with Gasteiger partial charge in [-0.2, -0.15) is 0 Å². The van der Waals surface area contributed by atoms with Crippen LogP contribution in [0.15, 0.2) is 12.1 Å². The van der Waals surface area contributed by atoms with E-state index in [0.29, 0.717) is 17.1 Å². The minimum atomic E-state index is -0.0850. The van der Waals surface area contributed by atoms with Crippen molar-refractivity contribution >= 4 is 29.3 Å². The van der Waals surface area contributed by atoms with E-state index in [1.807, 2.05) is 19.1 Å². The highest BCUT2D eigenvalue weighted by molar-refractivity contribution is 6.34. The minimum absolute atomic E-state index is 0.0850. The van der Waals surface area contributed by atoms with Crippen molar-refractivity contribution in [1.82, 2.24) is 9.74 Å². The third kappa shape index (κ3) is 1.73. The second-order valence-electron chi connectivity index (χ2n) is 4.73. The fourth-order valence-electron chi connectivity index (χ4n) is 2.76. The summed E-state index contributed by atoms with van der Waals surface area (Å²) in [6.07, 6.45) is 0. The van der Waals surface area contributed by atoms with Crippen LogP contribution in [0.2, 0.25) is 5.02 Å². The molecule has 0 spiro atoms. The Morgan fingerprint density at radius 2 is 2.18 bits per heavy atom. The van der Waals surface area contributed by atoms with E-state index in [0.717, 1.165) is 17.7 Å². The predicted octanol–water partition coefficient (Wildman–Crippen LogP) is 2.31. The number of fused-ring (bicyclic) bond motifs is 3. The zero-order valence-electron chi connectivity index (χ0n) is 9.34. The van der Waals surface area contributed by atoms with Gasteiger partial charge in [0.15, 0.2) is 0 Å². The molecule has 90 valence electrons. The molecule has 1 fully saturated rings. The first kappa shape index (κ1) is 11.3. The fourth-order valence-corrected chi connectivity index (χ4v) is 3.42. The van der Waals surface area contributed by atoms with E-state index in [1.165, 1.54) is 0 Å². The van der Waals surface area contributed by atoms with Crippen LogP contribution in [0.4, 0.5) is 0 Å². The van der Waals surface area contributed by atoms with Gasteiger partial charge >= 0.3 is 0 Å². The molecule has 17 heavy (non-hydrogen) atoms. The van der Waals surface area contributed by atoms with E-state index in [1.54, 1.807) is 4.42 Å². The van der Waals surface area contributed by atoms with Crippen LogP contribution < -0.4 is 5.32 Å². The summed E-state index contributed by atoms with van der Waals surface area (Å²) in [4.78, 5) is 12.0. The van der Waals surface area contributed by atoms with E-state index >= 15 is 0 Å². The topological polar surface area (TPSA) is 32.3 Å². The molecular formula is C12H12Cl2N2O. The lowest BCUT2D eigenvalue weighted by atomic mass is 9.85. The number of carbonyl (C=O) groups is 1. The number of aryl methyl sites for hydroxylation is 1. The lowest BCUT2D eigenvalue weighted by Gasteiger charge is -2.28. The lowest BCUT2D eigenvalue weighted by molar-refractivity contribution is 0.0924. The zero-order valence-corrected chi connectivity index (χ0v) is 10.8. The monoisotopic (exact) mass is 270 g/mol. The highest BCUT2D eigenvalue weighted by atomic mass is 35.5. The van der Waals surface area contributed by atoms with Crippen molar-refractivity contribution in [2.45, 2.75) is 18.9 Å². The maximum atomic E-state index is 12.0. The molecule has 2 aliphatic heterocycles. The first-order valence-corrected chi connectivity index (χ1v) is 6.29. The molecule has 2 atom stereocenters. The number of amides is 1. The number of nitrogens with zero attached hydrogens (tertiary/aromatic N) is 1. The Morgan fingerprint density at radius 1 is 1.41 bits per heavy atom. The fraction of sp³-hybridized carbons (Fsp3) is 0.417. The molecule has 0 saturated carbocycles. The van der Waals surface area contributed by atoms with Crippen LogP contribution in [0.1, 0.15) is 27.4 Å². The Labute approximate surface area is 110 Å². The van der Waals surface area contributed by atoms with Gasteiger partial charge in [0.2, 0.25) is 0 Å². The highest BCUT2D eigenvalue weighted by Crippen LogP contribution is 2.37. The van der Waals surface area contributed by atoms with Crippen molar-refractivity contribution in [2.75, 3.05) is 13.1 Å². The van der Waals surface area contributed by atoms with Crippen LogP contribution in [0.5, 0.6) is 0 Å². The molecule has 3 nitrogen and oxygen atoms in total. The van der Waals surface area contributed by atoms with Crippen molar-refractivity contribution < 1.29 is 4.79 Å². The number of hydrogen-bond donors (Lipinski definition) is 1. The van der Waals surface area contributed by atoms with Gasteiger partial charge in [-0.15, -0.1) is 0 Å². The first-order chi connectivity index (χ1) is 8.06. The Balaban J connectivity index is 2.16. The molecule has 1 aromatic rings. The molecule has 0 unspecified atom stereocenters. The summed E-state index contributed by atoms with van der Waals surface area (Å²) in [5, 5.41) is 3.51. The number of nitrogens with one attached hydrogen (secondary N) is 1. The van der Waals surface area contributed by atoms with E-state index in [-0.39, 0.29) is 17.9 Å². The molecule has 2 aliphatic rings. The molecule has 0 aliphatic carbocycles. The normalized spacial score (nSPS) is 27.6. The second kappa shape index (κ2) is 3.87. The third-order valence-electron chi connectivity index (χ3n) is 3.48. The van der Waals surface area contributed by atoms with Gasteiger partial charge in [0.1, 0.15) is 0 Å². The molecule has 2 heterocycles. The van der Waals surface area contributed by atoms with Gasteiger partial charge in [0.05, 0.1) is 16.6 Å².